The maximum Gasteiger partial charge on any atom is 0.124 e. The van der Waals surface area contributed by atoms with Crippen LogP contribution in [0, 0.1) is 0 Å². The molecule has 1 aromatic rings. The summed E-state index contributed by atoms with van der Waals surface area (Å²) in [6, 6.07) is 8.80. The Kier molecular flexibility index (Phi) is 8.31. The number of hydrogen-bond donors (Lipinski definition) is 1. The maximum atomic E-state index is 5.98. The van der Waals surface area contributed by atoms with Crippen LogP contribution in [0.1, 0.15) is 44.7 Å². The summed E-state index contributed by atoms with van der Waals surface area (Å²) in [5.74, 6) is 1.03. The number of nitrogens with zero attached hydrogens (tertiary/aromatic N) is 1. The van der Waals surface area contributed by atoms with E-state index in [0.29, 0.717) is 6.04 Å². The van der Waals surface area contributed by atoms with Crippen molar-refractivity contribution in [2.75, 3.05) is 33.8 Å². The van der Waals surface area contributed by atoms with Gasteiger partial charge < -0.3 is 15.0 Å². The molecule has 0 aliphatic rings. The molecular weight excluding hydrogens is 248 g/mol. The van der Waals surface area contributed by atoms with Gasteiger partial charge in [0.1, 0.15) is 5.75 Å². The summed E-state index contributed by atoms with van der Waals surface area (Å²) in [5, 5.41) is 3.60. The number of ether oxygens (including phenoxy) is 1. The van der Waals surface area contributed by atoms with E-state index in [-0.39, 0.29) is 0 Å². The molecule has 3 nitrogen and oxygen atoms in total. The van der Waals surface area contributed by atoms with Crippen LogP contribution >= 0.6 is 0 Å². The highest BCUT2D eigenvalue weighted by Gasteiger charge is 2.13. The van der Waals surface area contributed by atoms with E-state index in [4.69, 9.17) is 4.74 Å². The Labute approximate surface area is 124 Å². The van der Waals surface area contributed by atoms with Gasteiger partial charge in [-0.3, -0.25) is 0 Å². The lowest BCUT2D eigenvalue weighted by Gasteiger charge is -2.20. The van der Waals surface area contributed by atoms with Crippen LogP contribution in [0.15, 0.2) is 24.3 Å². The molecule has 1 aromatic carbocycles. The van der Waals surface area contributed by atoms with Crippen molar-refractivity contribution in [3.05, 3.63) is 29.8 Å². The Balaban J connectivity index is 2.61. The van der Waals surface area contributed by atoms with Crippen LogP contribution in [-0.2, 0) is 0 Å². The van der Waals surface area contributed by atoms with Crippen molar-refractivity contribution in [1.82, 2.24) is 10.2 Å². The summed E-state index contributed by atoms with van der Waals surface area (Å²) in [6.07, 6.45) is 3.29. The molecule has 0 fully saturated rings. The molecule has 0 saturated heterocycles. The maximum absolute atomic E-state index is 5.98. The lowest BCUT2D eigenvalue weighted by Crippen LogP contribution is -2.22. The quantitative estimate of drug-likeness (QED) is 0.663. The Morgan fingerprint density at radius 1 is 1.20 bits per heavy atom. The number of nitrogens with one attached hydrogen (secondary N) is 1. The van der Waals surface area contributed by atoms with Gasteiger partial charge in [-0.15, -0.1) is 0 Å². The zero-order valence-corrected chi connectivity index (χ0v) is 13.5. The molecule has 3 heteroatoms. The van der Waals surface area contributed by atoms with Crippen molar-refractivity contribution in [2.45, 2.75) is 39.2 Å². The minimum Gasteiger partial charge on any atom is -0.493 e. The molecule has 0 aromatic heterocycles. The van der Waals surface area contributed by atoms with Crippen molar-refractivity contribution < 1.29 is 4.74 Å². The van der Waals surface area contributed by atoms with Crippen LogP contribution in [-0.4, -0.2) is 38.7 Å². The zero-order chi connectivity index (χ0) is 14.8. The van der Waals surface area contributed by atoms with Gasteiger partial charge in [0, 0.05) is 18.2 Å². The Morgan fingerprint density at radius 2 is 1.95 bits per heavy atom. The van der Waals surface area contributed by atoms with Gasteiger partial charge in [-0.05, 0) is 46.0 Å². The average molecular weight is 278 g/mol. The van der Waals surface area contributed by atoms with Crippen LogP contribution in [0.5, 0.6) is 5.75 Å². The minimum atomic E-state index is 0.389. The van der Waals surface area contributed by atoms with Crippen molar-refractivity contribution in [1.29, 1.82) is 0 Å². The number of rotatable bonds is 10. The molecule has 0 bridgehead atoms. The molecule has 0 radical (unpaired) electrons. The van der Waals surface area contributed by atoms with E-state index in [0.717, 1.165) is 44.7 Å². The summed E-state index contributed by atoms with van der Waals surface area (Å²) in [7, 11) is 4.19. The highest BCUT2D eigenvalue weighted by Crippen LogP contribution is 2.27. The molecule has 20 heavy (non-hydrogen) atoms. The highest BCUT2D eigenvalue weighted by molar-refractivity contribution is 5.35. The van der Waals surface area contributed by atoms with Crippen LogP contribution in [0.4, 0.5) is 0 Å². The standard InChI is InChI=1S/C17H30N2O/c1-5-12-18-16(6-2)15-10-7-8-11-17(15)20-14-9-13-19(3)4/h7-8,10-11,16,18H,5-6,9,12-14H2,1-4H3. The average Bonchev–Trinajstić information content (AvgIpc) is 2.45. The normalized spacial score (nSPS) is 12.7. The summed E-state index contributed by atoms with van der Waals surface area (Å²) < 4.78 is 5.98. The smallest absolute Gasteiger partial charge is 0.124 e. The monoisotopic (exact) mass is 278 g/mol. The van der Waals surface area contributed by atoms with Gasteiger partial charge in [-0.25, -0.2) is 0 Å². The molecule has 1 atom stereocenters. The lowest BCUT2D eigenvalue weighted by molar-refractivity contribution is 0.276. The molecule has 1 unspecified atom stereocenters. The van der Waals surface area contributed by atoms with Crippen LogP contribution < -0.4 is 10.1 Å². The van der Waals surface area contributed by atoms with Gasteiger partial charge in [-0.2, -0.15) is 0 Å². The van der Waals surface area contributed by atoms with E-state index in [2.05, 4.69) is 62.4 Å². The minimum absolute atomic E-state index is 0.389. The van der Waals surface area contributed by atoms with Crippen LogP contribution in [0.3, 0.4) is 0 Å². The van der Waals surface area contributed by atoms with Crippen LogP contribution in [0.25, 0.3) is 0 Å². The molecule has 1 N–H and O–H groups in total. The summed E-state index contributed by atoms with van der Waals surface area (Å²) in [5.41, 5.74) is 1.29. The van der Waals surface area contributed by atoms with Gasteiger partial charge in [0.25, 0.3) is 0 Å². The van der Waals surface area contributed by atoms with Gasteiger partial charge in [-0.1, -0.05) is 32.0 Å². The first-order chi connectivity index (χ1) is 9.69. The number of para-hydroxylation sites is 1. The second kappa shape index (κ2) is 9.78. The van der Waals surface area contributed by atoms with Crippen molar-refractivity contribution in [3.63, 3.8) is 0 Å². The van der Waals surface area contributed by atoms with Crippen LogP contribution in [0.2, 0.25) is 0 Å². The molecule has 0 saturated carbocycles. The zero-order valence-electron chi connectivity index (χ0n) is 13.5. The molecule has 0 aliphatic heterocycles. The third-order valence-corrected chi connectivity index (χ3v) is 3.35. The summed E-state index contributed by atoms with van der Waals surface area (Å²) >= 11 is 0. The second-order valence-corrected chi connectivity index (χ2v) is 5.46. The predicted molar refractivity (Wildman–Crippen MR) is 86.4 cm³/mol. The Hall–Kier alpha value is -1.06. The summed E-state index contributed by atoms with van der Waals surface area (Å²) in [4.78, 5) is 2.19. The van der Waals surface area contributed by atoms with Crippen molar-refractivity contribution in [3.8, 4) is 5.75 Å². The molecule has 0 spiro atoms. The van der Waals surface area contributed by atoms with Gasteiger partial charge in [0.15, 0.2) is 0 Å². The summed E-state index contributed by atoms with van der Waals surface area (Å²) in [6.45, 7) is 7.31. The van der Waals surface area contributed by atoms with Gasteiger partial charge in [0.2, 0.25) is 0 Å². The van der Waals surface area contributed by atoms with E-state index in [9.17, 15) is 0 Å². The third kappa shape index (κ3) is 5.93. The third-order valence-electron chi connectivity index (χ3n) is 3.35. The molecule has 0 aliphatic carbocycles. The largest absolute Gasteiger partial charge is 0.493 e. The lowest BCUT2D eigenvalue weighted by atomic mass is 10.0. The molecule has 0 amide bonds. The van der Waals surface area contributed by atoms with Gasteiger partial charge >= 0.3 is 0 Å². The first kappa shape index (κ1) is 17.0. The predicted octanol–water partition coefficient (Wildman–Crippen LogP) is 3.47. The first-order valence-electron chi connectivity index (χ1n) is 7.78. The Morgan fingerprint density at radius 3 is 2.60 bits per heavy atom. The van der Waals surface area contributed by atoms with E-state index in [1.807, 2.05) is 0 Å². The van der Waals surface area contributed by atoms with Crippen molar-refractivity contribution in [2.24, 2.45) is 0 Å². The first-order valence-corrected chi connectivity index (χ1v) is 7.78. The Bertz CT molecular complexity index is 366. The van der Waals surface area contributed by atoms with E-state index >= 15 is 0 Å². The van der Waals surface area contributed by atoms with E-state index < -0.39 is 0 Å². The highest BCUT2D eigenvalue weighted by atomic mass is 16.5. The molecule has 0 heterocycles. The molecule has 114 valence electrons. The second-order valence-electron chi connectivity index (χ2n) is 5.46. The molecule has 1 rings (SSSR count). The number of benzene rings is 1. The molecular formula is C17H30N2O. The van der Waals surface area contributed by atoms with Crippen molar-refractivity contribution >= 4 is 0 Å². The fourth-order valence-corrected chi connectivity index (χ4v) is 2.26. The van der Waals surface area contributed by atoms with Gasteiger partial charge in [0.05, 0.1) is 6.61 Å². The fraction of sp³-hybridized carbons (Fsp3) is 0.647. The SMILES string of the molecule is CCCNC(CC)c1ccccc1OCCCN(C)C. The number of hydrogen-bond acceptors (Lipinski definition) is 3. The van der Waals surface area contributed by atoms with E-state index in [1.54, 1.807) is 0 Å². The van der Waals surface area contributed by atoms with E-state index in [1.165, 1.54) is 5.56 Å². The fourth-order valence-electron chi connectivity index (χ4n) is 2.26. The topological polar surface area (TPSA) is 24.5 Å².